The molecule has 4 aliphatic carbocycles. The summed E-state index contributed by atoms with van der Waals surface area (Å²) in [6.07, 6.45) is 11.8. The van der Waals surface area contributed by atoms with E-state index in [1.165, 1.54) is 12.5 Å². The largest absolute Gasteiger partial charge is 0.462 e. The zero-order valence-electron chi connectivity index (χ0n) is 17.3. The van der Waals surface area contributed by atoms with Crippen molar-refractivity contribution in [1.82, 2.24) is 0 Å². The van der Waals surface area contributed by atoms with E-state index in [9.17, 15) is 9.59 Å². The predicted molar refractivity (Wildman–Crippen MR) is 105 cm³/mol. The quantitative estimate of drug-likeness (QED) is 0.238. The highest BCUT2D eigenvalue weighted by Crippen LogP contribution is 2.66. The summed E-state index contributed by atoms with van der Waals surface area (Å²) in [6, 6.07) is 0. The highest BCUT2D eigenvalue weighted by Gasteiger charge is 2.60. The van der Waals surface area contributed by atoms with Crippen LogP contribution in [-0.2, 0) is 14.3 Å². The first-order valence-electron chi connectivity index (χ1n) is 10.9. The molecule has 0 bridgehead atoms. The number of allylic oxidation sites excluding steroid dienone is 1. The van der Waals surface area contributed by atoms with Gasteiger partial charge in [-0.05, 0) is 73.5 Å². The molecule has 0 aromatic heterocycles. The fourth-order valence-corrected chi connectivity index (χ4v) is 7.58. The highest BCUT2D eigenvalue weighted by atomic mass is 16.5. The molecule has 0 radical (unpaired) electrons. The molecule has 152 valence electrons. The first-order valence-corrected chi connectivity index (χ1v) is 10.9. The molecule has 2 unspecified atom stereocenters. The molecule has 3 saturated carbocycles. The Hall–Kier alpha value is -1.74. The van der Waals surface area contributed by atoms with Crippen molar-refractivity contribution in [3.8, 4) is 0 Å². The van der Waals surface area contributed by atoms with Gasteiger partial charge in [0.05, 0.1) is 0 Å². The fraction of sp³-hybridized carbons (Fsp3) is 0.783. The minimum Gasteiger partial charge on any atom is -0.462 e. The first-order chi connectivity index (χ1) is 13.3. The van der Waals surface area contributed by atoms with Crippen molar-refractivity contribution in [2.75, 3.05) is 0 Å². The van der Waals surface area contributed by atoms with Crippen molar-refractivity contribution < 1.29 is 19.1 Å². The van der Waals surface area contributed by atoms with Gasteiger partial charge < -0.3 is 10.3 Å². The van der Waals surface area contributed by atoms with E-state index in [1.54, 1.807) is 0 Å². The second-order valence-corrected chi connectivity index (χ2v) is 10.1. The van der Waals surface area contributed by atoms with Gasteiger partial charge in [0, 0.05) is 19.3 Å². The summed E-state index contributed by atoms with van der Waals surface area (Å²) in [7, 11) is 0. The van der Waals surface area contributed by atoms with Crippen LogP contribution in [0.1, 0.15) is 72.1 Å². The molecule has 4 rings (SSSR count). The number of esters is 1. The number of carbonyl (C=O) groups excluding carboxylic acids is 2. The van der Waals surface area contributed by atoms with Crippen LogP contribution in [0.25, 0.3) is 5.53 Å². The normalized spacial score (nSPS) is 44.2. The highest BCUT2D eigenvalue weighted by molar-refractivity contribution is 6.26. The number of nitrogens with zero attached hydrogens (tertiary/aromatic N) is 2. The molecule has 5 nitrogen and oxygen atoms in total. The fourth-order valence-electron chi connectivity index (χ4n) is 7.58. The van der Waals surface area contributed by atoms with Gasteiger partial charge in [-0.3, -0.25) is 9.59 Å². The smallest absolute Gasteiger partial charge is 0.323 e. The number of ketones is 1. The number of Topliss-reactive ketones (excluding diaryl/α,β-unsaturated/α-hetero) is 1. The topological polar surface area (TPSA) is 79.8 Å². The molecule has 0 spiro atoms. The van der Waals surface area contributed by atoms with Crippen LogP contribution < -0.4 is 0 Å². The van der Waals surface area contributed by atoms with Crippen molar-refractivity contribution in [2.24, 2.45) is 34.5 Å². The van der Waals surface area contributed by atoms with Crippen molar-refractivity contribution >= 4 is 18.0 Å². The molecule has 0 aliphatic heterocycles. The lowest BCUT2D eigenvalue weighted by Gasteiger charge is -2.57. The zero-order valence-corrected chi connectivity index (χ0v) is 17.3. The van der Waals surface area contributed by atoms with Crippen molar-refractivity contribution in [3.05, 3.63) is 17.2 Å². The summed E-state index contributed by atoms with van der Waals surface area (Å²) in [5, 5.41) is 0. The minimum atomic E-state index is -0.176. The van der Waals surface area contributed by atoms with Gasteiger partial charge >= 0.3 is 12.2 Å². The minimum absolute atomic E-state index is 0.00719. The molecule has 0 heterocycles. The number of hydrogen-bond donors (Lipinski definition) is 0. The molecule has 0 saturated heterocycles. The van der Waals surface area contributed by atoms with E-state index in [-0.39, 0.29) is 34.6 Å². The third kappa shape index (κ3) is 2.90. The van der Waals surface area contributed by atoms with Crippen LogP contribution in [0.2, 0.25) is 0 Å². The van der Waals surface area contributed by atoms with Crippen molar-refractivity contribution in [2.45, 2.75) is 78.2 Å². The summed E-state index contributed by atoms with van der Waals surface area (Å²) in [4.78, 5) is 26.9. The second-order valence-electron chi connectivity index (χ2n) is 10.1. The Balaban J connectivity index is 1.58. The van der Waals surface area contributed by atoms with Crippen LogP contribution in [0.15, 0.2) is 11.6 Å². The summed E-state index contributed by atoms with van der Waals surface area (Å²) < 4.78 is 5.52. The molecule has 0 amide bonds. The average Bonchev–Trinajstić information content (AvgIpc) is 2.99. The van der Waals surface area contributed by atoms with E-state index >= 15 is 0 Å². The van der Waals surface area contributed by atoms with Gasteiger partial charge in [-0.25, -0.2) is 0 Å². The van der Waals surface area contributed by atoms with Gasteiger partial charge in [0.1, 0.15) is 6.10 Å². The zero-order chi connectivity index (χ0) is 20.1. The molecular formula is C23H32N2O3. The second kappa shape index (κ2) is 6.95. The van der Waals surface area contributed by atoms with Crippen LogP contribution in [-0.4, -0.2) is 28.9 Å². The molecule has 5 heteroatoms. The van der Waals surface area contributed by atoms with Crippen molar-refractivity contribution in [1.29, 1.82) is 0 Å². The summed E-state index contributed by atoms with van der Waals surface area (Å²) >= 11 is 0. The third-order valence-corrected chi connectivity index (χ3v) is 8.92. The molecule has 4 aliphatic rings. The van der Waals surface area contributed by atoms with Gasteiger partial charge in [-0.15, -0.1) is 0 Å². The van der Waals surface area contributed by atoms with E-state index in [0.29, 0.717) is 17.8 Å². The maximum atomic E-state index is 12.5. The number of rotatable bonds is 3. The Morgan fingerprint density at radius 1 is 1.18 bits per heavy atom. The SMILES string of the molecule is CC(=O)O[C@H]1CC[C@@]2(C)C(=CCC3C2CC[C@]2(C)[C@@H](C(=O)C=[N+]=[N-])CC[C@@H]32)C1. The summed E-state index contributed by atoms with van der Waals surface area (Å²) in [5.41, 5.74) is 10.5. The van der Waals surface area contributed by atoms with Gasteiger partial charge in [-0.2, -0.15) is 4.79 Å². The lowest BCUT2D eigenvalue weighted by atomic mass is 9.47. The van der Waals surface area contributed by atoms with Gasteiger partial charge in [0.25, 0.3) is 0 Å². The Bertz CT molecular complexity index is 768. The van der Waals surface area contributed by atoms with Crippen LogP contribution in [0.3, 0.4) is 0 Å². The molecule has 28 heavy (non-hydrogen) atoms. The predicted octanol–water partition coefficient (Wildman–Crippen LogP) is 4.37. The Kier molecular flexibility index (Phi) is 4.86. The van der Waals surface area contributed by atoms with Crippen LogP contribution in [0.5, 0.6) is 0 Å². The van der Waals surface area contributed by atoms with Gasteiger partial charge in [0.2, 0.25) is 5.78 Å². The maximum Gasteiger partial charge on any atom is 0.323 e. The van der Waals surface area contributed by atoms with Crippen LogP contribution >= 0.6 is 0 Å². The Morgan fingerprint density at radius 2 is 1.96 bits per heavy atom. The number of fused-ring (bicyclic) bond motifs is 5. The van der Waals surface area contributed by atoms with E-state index in [2.05, 4.69) is 24.7 Å². The Morgan fingerprint density at radius 3 is 2.68 bits per heavy atom. The Labute approximate surface area is 167 Å². The van der Waals surface area contributed by atoms with Gasteiger partial charge in [-0.1, -0.05) is 25.5 Å². The number of ether oxygens (including phenoxy) is 1. The van der Waals surface area contributed by atoms with Crippen LogP contribution in [0.4, 0.5) is 0 Å². The summed E-state index contributed by atoms with van der Waals surface area (Å²) in [6.45, 7) is 6.23. The first kappa shape index (κ1) is 19.6. The lowest BCUT2D eigenvalue weighted by molar-refractivity contribution is -0.149. The molecule has 3 fully saturated rings. The van der Waals surface area contributed by atoms with E-state index in [1.807, 2.05) is 0 Å². The summed E-state index contributed by atoms with van der Waals surface area (Å²) in [5.74, 6) is 1.65. The van der Waals surface area contributed by atoms with E-state index < -0.39 is 0 Å². The molecular weight excluding hydrogens is 352 g/mol. The number of carbonyl (C=O) groups is 2. The molecule has 0 N–H and O–H groups in total. The standard InChI is InChI=1S/C23H32N2O3/c1-14(26)28-16-8-10-22(2)15(12-16)4-5-17-18-6-7-20(21(27)13-25-24)23(18,3)11-9-19(17)22/h4,13,16-20H,5-12H2,1-3H3/t16-,17?,18-,19?,20+,22-,23-/m0/s1. The monoisotopic (exact) mass is 384 g/mol. The molecule has 0 aromatic rings. The molecule has 0 aromatic carbocycles. The van der Waals surface area contributed by atoms with E-state index in [4.69, 9.17) is 10.3 Å². The van der Waals surface area contributed by atoms with Gasteiger partial charge in [0.15, 0.2) is 0 Å². The third-order valence-electron chi connectivity index (χ3n) is 8.92. The maximum absolute atomic E-state index is 12.5. The average molecular weight is 385 g/mol. The molecule has 7 atom stereocenters. The van der Waals surface area contributed by atoms with Crippen molar-refractivity contribution in [3.63, 3.8) is 0 Å². The van der Waals surface area contributed by atoms with Crippen LogP contribution in [0, 0.1) is 34.5 Å². The lowest BCUT2D eigenvalue weighted by Crippen LogP contribution is -2.51. The number of hydrogen-bond acceptors (Lipinski definition) is 3. The van der Waals surface area contributed by atoms with E-state index in [0.717, 1.165) is 57.6 Å².